The second-order valence-corrected chi connectivity index (χ2v) is 5.93. The molecule has 4 nitrogen and oxygen atoms in total. The number of hydrogen-bond donors (Lipinski definition) is 0. The van der Waals surface area contributed by atoms with Crippen molar-refractivity contribution in [1.29, 1.82) is 0 Å². The van der Waals surface area contributed by atoms with Crippen molar-refractivity contribution in [2.24, 2.45) is 0 Å². The van der Waals surface area contributed by atoms with Gasteiger partial charge in [-0.3, -0.25) is 4.79 Å². The van der Waals surface area contributed by atoms with Crippen LogP contribution in [0.3, 0.4) is 0 Å². The molecule has 0 radical (unpaired) electrons. The molecule has 2 rings (SSSR count). The Bertz CT molecular complexity index is 809. The van der Waals surface area contributed by atoms with Crippen molar-refractivity contribution in [3.63, 3.8) is 0 Å². The lowest BCUT2D eigenvalue weighted by atomic mass is 9.91. The summed E-state index contributed by atoms with van der Waals surface area (Å²) in [4.78, 5) is 24.3. The maximum atomic E-state index is 12.6. The molecule has 0 saturated heterocycles. The topological polar surface area (TPSA) is 52.6 Å². The van der Waals surface area contributed by atoms with Crippen molar-refractivity contribution in [1.82, 2.24) is 0 Å². The van der Waals surface area contributed by atoms with Gasteiger partial charge in [0, 0.05) is 12.5 Å². The smallest absolute Gasteiger partial charge is 0.342 e. The highest BCUT2D eigenvalue weighted by atomic mass is 16.5. The summed E-state index contributed by atoms with van der Waals surface area (Å²) in [6.45, 7) is 7.16. The summed E-state index contributed by atoms with van der Waals surface area (Å²) in [5, 5.41) is 0. The van der Waals surface area contributed by atoms with Gasteiger partial charge >= 0.3 is 11.9 Å². The van der Waals surface area contributed by atoms with E-state index >= 15 is 0 Å². The lowest BCUT2D eigenvalue weighted by molar-refractivity contribution is -0.134. The maximum Gasteiger partial charge on any atom is 0.342 e. The highest BCUT2D eigenvalue weighted by molar-refractivity contribution is 6.24. The van der Waals surface area contributed by atoms with Gasteiger partial charge in [0.25, 0.3) is 0 Å². The van der Waals surface area contributed by atoms with Crippen molar-refractivity contribution >= 4 is 23.3 Å². The van der Waals surface area contributed by atoms with Crippen LogP contribution in [0.5, 0.6) is 0 Å². The number of aryl methyl sites for hydroxylation is 3. The molecule has 25 heavy (non-hydrogen) atoms. The lowest BCUT2D eigenvalue weighted by Gasteiger charge is -2.18. The first-order valence-corrected chi connectivity index (χ1v) is 7.99. The molecule has 0 fully saturated rings. The summed E-state index contributed by atoms with van der Waals surface area (Å²) in [6, 6.07) is 13.1. The van der Waals surface area contributed by atoms with E-state index in [-0.39, 0.29) is 11.3 Å². The molecule has 0 spiro atoms. The quantitative estimate of drug-likeness (QED) is 0.362. The predicted octanol–water partition coefficient (Wildman–Crippen LogP) is 4.22. The molecule has 0 aliphatic rings. The monoisotopic (exact) mass is 338 g/mol. The van der Waals surface area contributed by atoms with Crippen molar-refractivity contribution in [3.05, 3.63) is 70.3 Å². The van der Waals surface area contributed by atoms with E-state index in [4.69, 9.17) is 9.47 Å². The van der Waals surface area contributed by atoms with Crippen LogP contribution in [0.1, 0.15) is 34.7 Å². The average Bonchev–Trinajstić information content (AvgIpc) is 2.56. The highest BCUT2D eigenvalue weighted by Crippen LogP contribution is 2.33. The van der Waals surface area contributed by atoms with Crippen molar-refractivity contribution in [2.45, 2.75) is 27.7 Å². The minimum absolute atomic E-state index is 0.204. The minimum atomic E-state index is -0.546. The van der Waals surface area contributed by atoms with Gasteiger partial charge in [-0.1, -0.05) is 48.0 Å². The van der Waals surface area contributed by atoms with E-state index in [2.05, 4.69) is 0 Å². The van der Waals surface area contributed by atoms with E-state index in [0.717, 1.165) is 22.3 Å². The molecular weight excluding hydrogens is 316 g/mol. The first-order chi connectivity index (χ1) is 11.8. The molecule has 2 aromatic rings. The van der Waals surface area contributed by atoms with Crippen molar-refractivity contribution < 1.29 is 19.1 Å². The molecule has 2 aromatic carbocycles. The van der Waals surface area contributed by atoms with Gasteiger partial charge in [-0.05, 0) is 37.5 Å². The Labute approximate surface area is 148 Å². The first kappa shape index (κ1) is 18.5. The Balaban J connectivity index is 2.87. The number of ether oxygens (including phenoxy) is 2. The van der Waals surface area contributed by atoms with Gasteiger partial charge in [0.2, 0.25) is 0 Å². The Morgan fingerprint density at radius 1 is 0.920 bits per heavy atom. The summed E-state index contributed by atoms with van der Waals surface area (Å²) >= 11 is 0. The number of carbonyl (C=O) groups excluding carboxylic acids is 2. The molecule has 130 valence electrons. The lowest BCUT2D eigenvalue weighted by Crippen LogP contribution is -2.12. The number of rotatable bonds is 4. The highest BCUT2D eigenvalue weighted by Gasteiger charge is 2.25. The van der Waals surface area contributed by atoms with E-state index in [1.165, 1.54) is 14.0 Å². The summed E-state index contributed by atoms with van der Waals surface area (Å²) in [7, 11) is 1.32. The molecule has 4 heteroatoms. The van der Waals surface area contributed by atoms with Crippen LogP contribution in [0.25, 0.3) is 11.3 Å². The molecule has 0 amide bonds. The average molecular weight is 338 g/mol. The summed E-state index contributed by atoms with van der Waals surface area (Å²) < 4.78 is 10.5. The molecule has 0 saturated carbocycles. The molecule has 0 atom stereocenters. The summed E-state index contributed by atoms with van der Waals surface area (Å²) in [5.74, 6) is -0.840. The molecular formula is C21H22O4. The van der Waals surface area contributed by atoms with Crippen LogP contribution in [-0.2, 0) is 19.1 Å². The van der Waals surface area contributed by atoms with Gasteiger partial charge in [-0.15, -0.1) is 0 Å². The van der Waals surface area contributed by atoms with Crippen LogP contribution >= 0.6 is 0 Å². The molecule has 0 bridgehead atoms. The predicted molar refractivity (Wildman–Crippen MR) is 97.7 cm³/mol. The minimum Gasteiger partial charge on any atom is -0.465 e. The fraction of sp³-hybridized carbons (Fsp3) is 0.238. The fourth-order valence-corrected chi connectivity index (χ4v) is 2.97. The standard InChI is InChI=1S/C21H22O4/c1-13-11-14(2)18(15(3)12-13)19(21(23)24-5)20(25-16(4)22)17-9-7-6-8-10-17/h6-12H,1-5H3/b20-19+. The third kappa shape index (κ3) is 4.15. The largest absolute Gasteiger partial charge is 0.465 e. The van der Waals surface area contributed by atoms with E-state index in [9.17, 15) is 9.59 Å². The summed E-state index contributed by atoms with van der Waals surface area (Å²) in [5.41, 5.74) is 4.53. The van der Waals surface area contributed by atoms with E-state index in [1.54, 1.807) is 12.1 Å². The SMILES string of the molecule is COC(=O)/C(=C(/OC(C)=O)c1ccccc1)c1c(C)cc(C)cc1C. The van der Waals surface area contributed by atoms with Crippen molar-refractivity contribution in [3.8, 4) is 0 Å². The maximum absolute atomic E-state index is 12.6. The van der Waals surface area contributed by atoms with E-state index in [1.807, 2.05) is 51.1 Å². The Morgan fingerprint density at radius 2 is 1.48 bits per heavy atom. The zero-order valence-corrected chi connectivity index (χ0v) is 15.2. The number of methoxy groups -OCH3 is 1. The Hall–Kier alpha value is -2.88. The third-order valence-corrected chi connectivity index (χ3v) is 3.83. The van der Waals surface area contributed by atoms with Gasteiger partial charge in [0.15, 0.2) is 5.76 Å². The van der Waals surface area contributed by atoms with Gasteiger partial charge in [0.1, 0.15) is 5.57 Å². The second-order valence-electron chi connectivity index (χ2n) is 5.93. The van der Waals surface area contributed by atoms with Gasteiger partial charge in [-0.2, -0.15) is 0 Å². The molecule has 0 unspecified atom stereocenters. The molecule has 0 aromatic heterocycles. The number of hydrogen-bond acceptors (Lipinski definition) is 4. The Kier molecular flexibility index (Phi) is 5.75. The molecule has 0 N–H and O–H groups in total. The second kappa shape index (κ2) is 7.79. The normalized spacial score (nSPS) is 11.6. The molecule has 0 heterocycles. The number of benzene rings is 2. The van der Waals surface area contributed by atoms with Crippen LogP contribution in [0, 0.1) is 20.8 Å². The van der Waals surface area contributed by atoms with Crippen LogP contribution in [0.2, 0.25) is 0 Å². The zero-order chi connectivity index (χ0) is 18.6. The van der Waals surface area contributed by atoms with E-state index < -0.39 is 11.9 Å². The number of carbonyl (C=O) groups is 2. The van der Waals surface area contributed by atoms with Crippen LogP contribution in [-0.4, -0.2) is 19.0 Å². The van der Waals surface area contributed by atoms with Gasteiger partial charge in [0.05, 0.1) is 7.11 Å². The zero-order valence-electron chi connectivity index (χ0n) is 15.2. The summed E-state index contributed by atoms with van der Waals surface area (Å²) in [6.07, 6.45) is 0. The third-order valence-electron chi connectivity index (χ3n) is 3.83. The van der Waals surface area contributed by atoms with E-state index in [0.29, 0.717) is 5.56 Å². The Morgan fingerprint density at radius 3 is 1.96 bits per heavy atom. The van der Waals surface area contributed by atoms with Gasteiger partial charge < -0.3 is 9.47 Å². The van der Waals surface area contributed by atoms with Crippen LogP contribution in [0.15, 0.2) is 42.5 Å². The van der Waals surface area contributed by atoms with Crippen LogP contribution < -0.4 is 0 Å². The van der Waals surface area contributed by atoms with Crippen molar-refractivity contribution in [2.75, 3.05) is 7.11 Å². The molecule has 0 aliphatic heterocycles. The molecule has 0 aliphatic carbocycles. The van der Waals surface area contributed by atoms with Gasteiger partial charge in [-0.25, -0.2) is 4.79 Å². The fourth-order valence-electron chi connectivity index (χ4n) is 2.97. The first-order valence-electron chi connectivity index (χ1n) is 7.99. The number of esters is 2. The van der Waals surface area contributed by atoms with Crippen LogP contribution in [0.4, 0.5) is 0 Å².